The van der Waals surface area contributed by atoms with Crippen LogP contribution in [0.3, 0.4) is 0 Å². The minimum absolute atomic E-state index is 0.0318. The topological polar surface area (TPSA) is 34.9 Å². The summed E-state index contributed by atoms with van der Waals surface area (Å²) in [5.41, 5.74) is 1.96. The third-order valence-corrected chi connectivity index (χ3v) is 5.17. The highest BCUT2D eigenvalue weighted by Crippen LogP contribution is 2.38. The number of aryl methyl sites for hydroxylation is 1. The number of fused-ring (bicyclic) bond motifs is 1. The van der Waals surface area contributed by atoms with Crippen LogP contribution >= 0.6 is 27.7 Å². The van der Waals surface area contributed by atoms with Crippen LogP contribution in [0.2, 0.25) is 0 Å². The molecule has 0 bridgehead atoms. The zero-order valence-corrected chi connectivity index (χ0v) is 12.9. The van der Waals surface area contributed by atoms with Gasteiger partial charge in [0.15, 0.2) is 5.78 Å². The van der Waals surface area contributed by atoms with Gasteiger partial charge in [0, 0.05) is 11.4 Å². The zero-order valence-electron chi connectivity index (χ0n) is 10.5. The summed E-state index contributed by atoms with van der Waals surface area (Å²) in [6.45, 7) is 2.70. The van der Waals surface area contributed by atoms with Gasteiger partial charge < -0.3 is 0 Å². The maximum atomic E-state index is 12.7. The molecular weight excluding hydrogens is 324 g/mol. The van der Waals surface area contributed by atoms with Gasteiger partial charge in [-0.15, -0.1) is 11.8 Å². The monoisotopic (exact) mass is 336 g/mol. The summed E-state index contributed by atoms with van der Waals surface area (Å²) in [6.07, 6.45) is 2.50. The molecule has 98 valence electrons. The summed E-state index contributed by atoms with van der Waals surface area (Å²) in [5, 5.41) is 4.18. The van der Waals surface area contributed by atoms with E-state index >= 15 is 0 Å². The second-order valence-corrected chi connectivity index (χ2v) is 6.54. The summed E-state index contributed by atoms with van der Waals surface area (Å²) >= 11 is 5.09. The Labute approximate surface area is 124 Å². The lowest BCUT2D eigenvalue weighted by Crippen LogP contribution is -2.21. The SMILES string of the molecule is CCn1ncc(Br)c1C(=O)C1Cc2ccccc2S1. The first-order valence-electron chi connectivity index (χ1n) is 6.20. The van der Waals surface area contributed by atoms with E-state index in [2.05, 4.69) is 33.2 Å². The van der Waals surface area contributed by atoms with E-state index in [1.807, 2.05) is 19.1 Å². The van der Waals surface area contributed by atoms with Gasteiger partial charge in [-0.3, -0.25) is 9.48 Å². The van der Waals surface area contributed by atoms with Crippen LogP contribution in [-0.2, 0) is 13.0 Å². The van der Waals surface area contributed by atoms with Crippen molar-refractivity contribution in [2.75, 3.05) is 0 Å². The fourth-order valence-electron chi connectivity index (χ4n) is 2.33. The first-order valence-corrected chi connectivity index (χ1v) is 7.88. The van der Waals surface area contributed by atoms with Crippen LogP contribution in [0.25, 0.3) is 0 Å². The molecule has 1 aliphatic rings. The van der Waals surface area contributed by atoms with Crippen LogP contribution < -0.4 is 0 Å². The van der Waals surface area contributed by atoms with E-state index in [-0.39, 0.29) is 11.0 Å². The average Bonchev–Trinajstić information content (AvgIpc) is 3.01. The highest BCUT2D eigenvalue weighted by atomic mass is 79.9. The molecule has 1 aromatic heterocycles. The number of ketones is 1. The van der Waals surface area contributed by atoms with E-state index in [1.165, 1.54) is 10.5 Å². The van der Waals surface area contributed by atoms with Crippen LogP contribution in [-0.4, -0.2) is 20.8 Å². The van der Waals surface area contributed by atoms with Crippen LogP contribution in [0.4, 0.5) is 0 Å². The Balaban J connectivity index is 1.89. The van der Waals surface area contributed by atoms with Gasteiger partial charge in [-0.25, -0.2) is 0 Å². The van der Waals surface area contributed by atoms with Crippen molar-refractivity contribution >= 4 is 33.5 Å². The largest absolute Gasteiger partial charge is 0.291 e. The van der Waals surface area contributed by atoms with E-state index in [1.54, 1.807) is 22.6 Å². The van der Waals surface area contributed by atoms with Crippen LogP contribution in [0.1, 0.15) is 23.0 Å². The number of hydrogen-bond acceptors (Lipinski definition) is 3. The number of halogens is 1. The van der Waals surface area contributed by atoms with E-state index in [4.69, 9.17) is 0 Å². The zero-order chi connectivity index (χ0) is 13.4. The molecule has 0 N–H and O–H groups in total. The molecule has 3 rings (SSSR count). The molecular formula is C14H13BrN2OS. The van der Waals surface area contributed by atoms with Crippen molar-refractivity contribution in [3.63, 3.8) is 0 Å². The maximum Gasteiger partial charge on any atom is 0.195 e. The summed E-state index contributed by atoms with van der Waals surface area (Å²) < 4.78 is 2.55. The Hall–Kier alpha value is -1.07. The molecule has 1 aromatic carbocycles. The van der Waals surface area contributed by atoms with Gasteiger partial charge in [-0.1, -0.05) is 18.2 Å². The lowest BCUT2D eigenvalue weighted by atomic mass is 10.1. The minimum atomic E-state index is -0.0318. The van der Waals surface area contributed by atoms with Gasteiger partial charge in [-0.05, 0) is 40.9 Å². The highest BCUT2D eigenvalue weighted by molar-refractivity contribution is 9.10. The molecule has 0 radical (unpaired) electrons. The van der Waals surface area contributed by atoms with Crippen molar-refractivity contribution in [2.45, 2.75) is 30.0 Å². The van der Waals surface area contributed by atoms with Crippen molar-refractivity contribution in [1.29, 1.82) is 0 Å². The number of thioether (sulfide) groups is 1. The molecule has 0 fully saturated rings. The van der Waals surface area contributed by atoms with Crippen molar-refractivity contribution in [3.05, 3.63) is 46.2 Å². The van der Waals surface area contributed by atoms with Crippen molar-refractivity contribution in [1.82, 2.24) is 9.78 Å². The number of rotatable bonds is 3. The second-order valence-electron chi connectivity index (χ2n) is 4.44. The number of carbonyl (C=O) groups excluding carboxylic acids is 1. The highest BCUT2D eigenvalue weighted by Gasteiger charge is 2.31. The van der Waals surface area contributed by atoms with Gasteiger partial charge in [0.2, 0.25) is 0 Å². The molecule has 5 heteroatoms. The molecule has 2 heterocycles. The molecule has 1 unspecified atom stereocenters. The maximum absolute atomic E-state index is 12.7. The molecule has 0 aliphatic carbocycles. The Morgan fingerprint density at radius 1 is 1.53 bits per heavy atom. The first kappa shape index (κ1) is 12.9. The quantitative estimate of drug-likeness (QED) is 0.803. The van der Waals surface area contributed by atoms with Gasteiger partial charge in [0.25, 0.3) is 0 Å². The predicted molar refractivity (Wildman–Crippen MR) is 79.7 cm³/mol. The van der Waals surface area contributed by atoms with Crippen molar-refractivity contribution in [2.24, 2.45) is 0 Å². The summed E-state index contributed by atoms with van der Waals surface area (Å²) in [7, 11) is 0. The average molecular weight is 337 g/mol. The van der Waals surface area contributed by atoms with E-state index < -0.39 is 0 Å². The number of aromatic nitrogens is 2. The number of carbonyl (C=O) groups is 1. The Morgan fingerprint density at radius 3 is 3.05 bits per heavy atom. The van der Waals surface area contributed by atoms with E-state index in [0.717, 1.165) is 10.9 Å². The van der Waals surface area contributed by atoms with Gasteiger partial charge >= 0.3 is 0 Å². The Kier molecular flexibility index (Phi) is 3.50. The van der Waals surface area contributed by atoms with Gasteiger partial charge in [0.1, 0.15) is 5.69 Å². The lowest BCUT2D eigenvalue weighted by Gasteiger charge is -2.09. The van der Waals surface area contributed by atoms with Crippen LogP contribution in [0, 0.1) is 0 Å². The molecule has 1 atom stereocenters. The standard InChI is InChI=1S/C14H13BrN2OS/c1-2-17-13(10(15)8-16-17)14(18)12-7-9-5-3-4-6-11(9)19-12/h3-6,8,12H,2,7H2,1H3. The smallest absolute Gasteiger partial charge is 0.195 e. The Bertz CT molecular complexity index is 613. The number of hydrogen-bond donors (Lipinski definition) is 0. The summed E-state index contributed by atoms with van der Waals surface area (Å²) in [5.74, 6) is 0.160. The molecule has 19 heavy (non-hydrogen) atoms. The third-order valence-electron chi connectivity index (χ3n) is 3.27. The first-order chi connectivity index (χ1) is 9.20. The number of nitrogens with zero attached hydrogens (tertiary/aromatic N) is 2. The van der Waals surface area contributed by atoms with E-state index in [9.17, 15) is 4.79 Å². The molecule has 0 amide bonds. The van der Waals surface area contributed by atoms with Crippen LogP contribution in [0.15, 0.2) is 39.8 Å². The number of Topliss-reactive ketones (excluding diaryl/α,β-unsaturated/α-hetero) is 1. The normalized spacial score (nSPS) is 17.5. The fraction of sp³-hybridized carbons (Fsp3) is 0.286. The predicted octanol–water partition coefficient (Wildman–Crippen LogP) is 3.57. The fourth-order valence-corrected chi connectivity index (χ4v) is 4.07. The molecule has 1 aliphatic heterocycles. The van der Waals surface area contributed by atoms with Gasteiger partial charge in [-0.2, -0.15) is 5.10 Å². The summed E-state index contributed by atoms with van der Waals surface area (Å²) in [6, 6.07) is 8.23. The lowest BCUT2D eigenvalue weighted by molar-refractivity contribution is 0.0979. The van der Waals surface area contributed by atoms with Gasteiger partial charge in [0.05, 0.1) is 15.9 Å². The van der Waals surface area contributed by atoms with E-state index in [0.29, 0.717) is 12.2 Å². The molecule has 0 spiro atoms. The van der Waals surface area contributed by atoms with Crippen molar-refractivity contribution < 1.29 is 4.79 Å². The number of benzene rings is 1. The molecule has 0 saturated carbocycles. The third kappa shape index (κ3) is 2.25. The molecule has 3 nitrogen and oxygen atoms in total. The minimum Gasteiger partial charge on any atom is -0.291 e. The summed E-state index contributed by atoms with van der Waals surface area (Å²) in [4.78, 5) is 13.9. The molecule has 2 aromatic rings. The van der Waals surface area contributed by atoms with Crippen molar-refractivity contribution in [3.8, 4) is 0 Å². The molecule has 0 saturated heterocycles. The second kappa shape index (κ2) is 5.13. The van der Waals surface area contributed by atoms with Crippen LogP contribution in [0.5, 0.6) is 0 Å². The Morgan fingerprint density at radius 2 is 2.32 bits per heavy atom.